The van der Waals surface area contributed by atoms with Crippen LogP contribution < -0.4 is 4.74 Å². The molecule has 29 heavy (non-hydrogen) atoms. The molecular weight excluding hydrogens is 394 g/mol. The van der Waals surface area contributed by atoms with E-state index in [-0.39, 0.29) is 10.3 Å². The fraction of sp³-hybridized carbons (Fsp3) is 0.500. The summed E-state index contributed by atoms with van der Waals surface area (Å²) in [4.78, 5) is 27.5. The second-order valence-electron chi connectivity index (χ2n) is 8.98. The van der Waals surface area contributed by atoms with E-state index in [4.69, 9.17) is 26.2 Å². The van der Waals surface area contributed by atoms with Gasteiger partial charge >= 0.3 is 11.9 Å². The zero-order valence-electron chi connectivity index (χ0n) is 15.9. The number of aliphatic carboxylic acids is 1. The maximum absolute atomic E-state index is 12.5. The lowest BCUT2D eigenvalue weighted by atomic mass is 9.49. The molecule has 1 aromatic rings. The number of carbonyl (C=O) groups is 2. The molecule has 4 fully saturated rings. The van der Waals surface area contributed by atoms with Crippen molar-refractivity contribution in [3.63, 3.8) is 0 Å². The van der Waals surface area contributed by atoms with Gasteiger partial charge in [0.1, 0.15) is 5.75 Å². The Kier molecular flexibility index (Phi) is 4.24. The molecule has 4 aliphatic carbocycles. The molecule has 0 aromatic heterocycles. The normalized spacial score (nSPS) is 36.2. The van der Waals surface area contributed by atoms with Crippen LogP contribution in [0.2, 0.25) is 0 Å². The highest BCUT2D eigenvalue weighted by Crippen LogP contribution is 2.64. The van der Waals surface area contributed by atoms with Crippen LogP contribution in [0.3, 0.4) is 0 Å². The fourth-order valence-electron chi connectivity index (χ4n) is 6.00. The molecule has 0 amide bonds. The van der Waals surface area contributed by atoms with Crippen LogP contribution in [0.15, 0.2) is 35.0 Å². The summed E-state index contributed by atoms with van der Waals surface area (Å²) in [5, 5.41) is 8.67. The number of hydrogen-bond acceptors (Lipinski definition) is 5. The minimum absolute atomic E-state index is 0.169. The Labute approximate surface area is 173 Å². The maximum Gasteiger partial charge on any atom is 0.363 e. The molecule has 4 saturated carbocycles. The monoisotopic (exact) mass is 415 g/mol. The van der Waals surface area contributed by atoms with E-state index < -0.39 is 18.5 Å². The standard InChI is InChI=1S/C22H22ClNO5/c23-22-9-14-5-15(10-22)8-21(7-14,12-22)20-24-17(19(27)29-20)6-13-1-3-16(4-2-13)28-11-18(25)26/h1-4,6,14-15H,5,7-12H2,(H,25,26)/b17-6+. The van der Waals surface area contributed by atoms with E-state index >= 15 is 0 Å². The minimum Gasteiger partial charge on any atom is -0.482 e. The number of alkyl halides is 1. The van der Waals surface area contributed by atoms with Crippen molar-refractivity contribution in [3.05, 3.63) is 35.5 Å². The maximum atomic E-state index is 12.5. The number of hydrogen-bond donors (Lipinski definition) is 1. The summed E-state index contributed by atoms with van der Waals surface area (Å²) in [6.07, 6.45) is 7.90. The first-order valence-electron chi connectivity index (χ1n) is 9.99. The van der Waals surface area contributed by atoms with Gasteiger partial charge in [0.25, 0.3) is 0 Å². The topological polar surface area (TPSA) is 85.2 Å². The van der Waals surface area contributed by atoms with Crippen molar-refractivity contribution in [2.24, 2.45) is 22.2 Å². The van der Waals surface area contributed by atoms with Gasteiger partial charge in [0.2, 0.25) is 5.90 Å². The highest BCUT2D eigenvalue weighted by Gasteiger charge is 2.60. The number of carbonyl (C=O) groups excluding carboxylic acids is 1. The second-order valence-corrected chi connectivity index (χ2v) is 9.78. The molecule has 6 rings (SSSR count). The number of rotatable bonds is 5. The number of nitrogens with zero attached hydrogens (tertiary/aromatic N) is 1. The van der Waals surface area contributed by atoms with Gasteiger partial charge in [-0.15, -0.1) is 11.6 Å². The highest BCUT2D eigenvalue weighted by molar-refractivity contribution is 6.24. The minimum atomic E-state index is -1.03. The van der Waals surface area contributed by atoms with Gasteiger partial charge < -0.3 is 14.6 Å². The molecule has 0 radical (unpaired) electrons. The molecule has 1 aromatic carbocycles. The quantitative estimate of drug-likeness (QED) is 0.446. The Bertz CT molecular complexity index is 921. The van der Waals surface area contributed by atoms with Crippen molar-refractivity contribution in [3.8, 4) is 5.75 Å². The van der Waals surface area contributed by atoms with Gasteiger partial charge in [0.15, 0.2) is 12.3 Å². The van der Waals surface area contributed by atoms with Crippen molar-refractivity contribution in [2.75, 3.05) is 6.61 Å². The van der Waals surface area contributed by atoms with Crippen molar-refractivity contribution in [1.82, 2.24) is 0 Å². The molecular formula is C22H22ClNO5. The predicted molar refractivity (Wildman–Crippen MR) is 107 cm³/mol. The van der Waals surface area contributed by atoms with E-state index in [1.165, 1.54) is 6.42 Å². The van der Waals surface area contributed by atoms with Crippen LogP contribution in [-0.4, -0.2) is 34.4 Å². The average molecular weight is 416 g/mol. The highest BCUT2D eigenvalue weighted by atomic mass is 35.5. The summed E-state index contributed by atoms with van der Waals surface area (Å²) in [5.41, 5.74) is 0.855. The molecule has 0 saturated heterocycles. The number of carboxylic acids is 1. The number of benzene rings is 1. The molecule has 4 bridgehead atoms. The number of esters is 1. The number of halogens is 1. The molecule has 0 spiro atoms. The third-order valence-corrected chi connectivity index (χ3v) is 7.05. The molecule has 6 nitrogen and oxygen atoms in total. The number of cyclic esters (lactones) is 1. The van der Waals surface area contributed by atoms with E-state index in [0.29, 0.717) is 29.2 Å². The summed E-state index contributed by atoms with van der Waals surface area (Å²) >= 11 is 6.90. The van der Waals surface area contributed by atoms with Gasteiger partial charge in [-0.25, -0.2) is 14.6 Å². The lowest BCUT2D eigenvalue weighted by Gasteiger charge is -2.59. The Morgan fingerprint density at radius 2 is 1.93 bits per heavy atom. The molecule has 1 heterocycles. The van der Waals surface area contributed by atoms with Crippen LogP contribution >= 0.6 is 11.6 Å². The Morgan fingerprint density at radius 3 is 2.55 bits per heavy atom. The zero-order valence-corrected chi connectivity index (χ0v) is 16.7. The molecule has 1 aliphatic heterocycles. The van der Waals surface area contributed by atoms with E-state index in [2.05, 4.69) is 4.99 Å². The number of ether oxygens (including phenoxy) is 2. The van der Waals surface area contributed by atoms with Gasteiger partial charge in [0, 0.05) is 10.3 Å². The van der Waals surface area contributed by atoms with Crippen LogP contribution in [-0.2, 0) is 14.3 Å². The van der Waals surface area contributed by atoms with Crippen molar-refractivity contribution >= 4 is 35.5 Å². The van der Waals surface area contributed by atoms with Crippen LogP contribution in [0, 0.1) is 17.3 Å². The summed E-state index contributed by atoms with van der Waals surface area (Å²) in [7, 11) is 0. The fourth-order valence-corrected chi connectivity index (χ4v) is 6.69. The first-order valence-corrected chi connectivity index (χ1v) is 10.4. The summed E-state index contributed by atoms with van der Waals surface area (Å²) in [6, 6.07) is 6.83. The summed E-state index contributed by atoms with van der Waals surface area (Å²) in [6.45, 7) is -0.396. The molecule has 1 N–H and O–H groups in total. The van der Waals surface area contributed by atoms with Gasteiger partial charge in [-0.2, -0.15) is 0 Å². The van der Waals surface area contributed by atoms with Gasteiger partial charge in [0.05, 0.1) is 0 Å². The van der Waals surface area contributed by atoms with Gasteiger partial charge in [-0.1, -0.05) is 12.1 Å². The van der Waals surface area contributed by atoms with Crippen molar-refractivity contribution in [1.29, 1.82) is 0 Å². The van der Waals surface area contributed by atoms with Crippen molar-refractivity contribution in [2.45, 2.75) is 43.4 Å². The van der Waals surface area contributed by atoms with E-state index in [0.717, 1.165) is 37.7 Å². The van der Waals surface area contributed by atoms with E-state index in [9.17, 15) is 9.59 Å². The lowest BCUT2D eigenvalue weighted by Crippen LogP contribution is -2.56. The van der Waals surface area contributed by atoms with Gasteiger partial charge in [-0.05, 0) is 74.1 Å². The molecule has 2 atom stereocenters. The first-order chi connectivity index (χ1) is 13.8. The molecule has 7 heteroatoms. The second kappa shape index (κ2) is 6.59. The number of aliphatic imine (C=N–C) groups is 1. The zero-order chi connectivity index (χ0) is 20.2. The Balaban J connectivity index is 1.37. The van der Waals surface area contributed by atoms with Crippen LogP contribution in [0.25, 0.3) is 6.08 Å². The SMILES string of the molecule is O=C(O)COc1ccc(/C=C2/N=C(C34CC5CC(CC(Cl)(C5)C3)C4)OC2=O)cc1. The average Bonchev–Trinajstić information content (AvgIpc) is 3.00. The van der Waals surface area contributed by atoms with Crippen molar-refractivity contribution < 1.29 is 24.2 Å². The molecule has 2 unspecified atom stereocenters. The molecule has 152 valence electrons. The van der Waals surface area contributed by atoms with E-state index in [1.807, 2.05) is 0 Å². The third kappa shape index (κ3) is 3.44. The Hall–Kier alpha value is -2.34. The predicted octanol–water partition coefficient (Wildman–Crippen LogP) is 4.02. The van der Waals surface area contributed by atoms with Crippen LogP contribution in [0.4, 0.5) is 0 Å². The summed E-state index contributed by atoms with van der Waals surface area (Å²) < 4.78 is 10.8. The van der Waals surface area contributed by atoms with E-state index in [1.54, 1.807) is 30.3 Å². The van der Waals surface area contributed by atoms with Crippen LogP contribution in [0.1, 0.15) is 44.1 Å². The Morgan fingerprint density at radius 1 is 1.24 bits per heavy atom. The number of carboxylic acid groups (broad SMARTS) is 1. The largest absolute Gasteiger partial charge is 0.482 e. The van der Waals surface area contributed by atoms with Crippen LogP contribution in [0.5, 0.6) is 5.75 Å². The third-order valence-electron chi connectivity index (χ3n) is 6.61. The first kappa shape index (κ1) is 18.7. The smallest absolute Gasteiger partial charge is 0.363 e. The molecule has 5 aliphatic rings. The van der Waals surface area contributed by atoms with Gasteiger partial charge in [-0.3, -0.25) is 0 Å². The lowest BCUT2D eigenvalue weighted by molar-refractivity contribution is -0.139. The summed E-state index contributed by atoms with van der Waals surface area (Å²) in [5.74, 6) is 0.742.